The number of methoxy groups -OCH3 is 1. The Morgan fingerprint density at radius 2 is 1.90 bits per heavy atom. The zero-order chi connectivity index (χ0) is 15.1. The van der Waals surface area contributed by atoms with E-state index < -0.39 is 0 Å². The SMILES string of the molecule is CCCNC(Cn1ccc(=O)cc1)c1ccccc1OC. The summed E-state index contributed by atoms with van der Waals surface area (Å²) in [5, 5.41) is 3.54. The molecule has 0 bridgehead atoms. The van der Waals surface area contributed by atoms with Crippen LogP contribution in [-0.2, 0) is 6.54 Å². The van der Waals surface area contributed by atoms with Gasteiger partial charge in [-0.15, -0.1) is 0 Å². The molecule has 2 aromatic rings. The summed E-state index contributed by atoms with van der Waals surface area (Å²) in [6, 6.07) is 11.3. The number of para-hydroxylation sites is 1. The number of nitrogens with one attached hydrogen (secondary N) is 1. The molecule has 1 heterocycles. The average molecular weight is 286 g/mol. The molecule has 4 heteroatoms. The smallest absolute Gasteiger partial charge is 0.181 e. The first-order valence-electron chi connectivity index (χ1n) is 7.27. The van der Waals surface area contributed by atoms with Gasteiger partial charge in [-0.05, 0) is 19.0 Å². The van der Waals surface area contributed by atoms with Gasteiger partial charge in [-0.25, -0.2) is 0 Å². The maximum Gasteiger partial charge on any atom is 0.181 e. The fourth-order valence-corrected chi connectivity index (χ4v) is 2.32. The van der Waals surface area contributed by atoms with Gasteiger partial charge in [0.25, 0.3) is 0 Å². The van der Waals surface area contributed by atoms with Crippen LogP contribution in [0.3, 0.4) is 0 Å². The van der Waals surface area contributed by atoms with Gasteiger partial charge in [0.2, 0.25) is 0 Å². The van der Waals surface area contributed by atoms with Crippen LogP contribution in [0.15, 0.2) is 53.6 Å². The maximum absolute atomic E-state index is 11.2. The molecule has 0 saturated heterocycles. The number of aromatic nitrogens is 1. The highest BCUT2D eigenvalue weighted by molar-refractivity contribution is 5.35. The molecule has 1 aromatic heterocycles. The van der Waals surface area contributed by atoms with Gasteiger partial charge in [-0.3, -0.25) is 4.79 Å². The number of nitrogens with zero attached hydrogens (tertiary/aromatic N) is 1. The Labute approximate surface area is 125 Å². The molecule has 0 radical (unpaired) electrons. The van der Waals surface area contributed by atoms with Crippen LogP contribution in [0.25, 0.3) is 0 Å². The lowest BCUT2D eigenvalue weighted by molar-refractivity contribution is 0.388. The Bertz CT molecular complexity index is 602. The second-order valence-corrected chi connectivity index (χ2v) is 4.98. The molecular formula is C17H22N2O2. The van der Waals surface area contributed by atoms with Crippen molar-refractivity contribution >= 4 is 0 Å². The largest absolute Gasteiger partial charge is 0.496 e. The Balaban J connectivity index is 2.25. The quantitative estimate of drug-likeness (QED) is 0.851. The minimum Gasteiger partial charge on any atom is -0.496 e. The fourth-order valence-electron chi connectivity index (χ4n) is 2.32. The van der Waals surface area contributed by atoms with E-state index in [0.717, 1.165) is 30.8 Å². The molecule has 112 valence electrons. The second kappa shape index (κ2) is 7.64. The Kier molecular flexibility index (Phi) is 5.58. The summed E-state index contributed by atoms with van der Waals surface area (Å²) in [7, 11) is 1.69. The van der Waals surface area contributed by atoms with E-state index in [1.807, 2.05) is 35.2 Å². The molecule has 0 aliphatic heterocycles. The van der Waals surface area contributed by atoms with Gasteiger partial charge in [-0.2, -0.15) is 0 Å². The summed E-state index contributed by atoms with van der Waals surface area (Å²) in [6.07, 6.45) is 4.70. The first-order chi connectivity index (χ1) is 10.2. The monoisotopic (exact) mass is 286 g/mol. The summed E-state index contributed by atoms with van der Waals surface area (Å²) >= 11 is 0. The van der Waals surface area contributed by atoms with E-state index in [1.165, 1.54) is 0 Å². The Morgan fingerprint density at radius 1 is 1.19 bits per heavy atom. The third-order valence-electron chi connectivity index (χ3n) is 3.41. The average Bonchev–Trinajstić information content (AvgIpc) is 2.53. The van der Waals surface area contributed by atoms with Crippen LogP contribution >= 0.6 is 0 Å². The lowest BCUT2D eigenvalue weighted by Crippen LogP contribution is -2.27. The molecule has 2 rings (SSSR count). The highest BCUT2D eigenvalue weighted by atomic mass is 16.5. The predicted molar refractivity (Wildman–Crippen MR) is 84.7 cm³/mol. The summed E-state index contributed by atoms with van der Waals surface area (Å²) in [6.45, 7) is 3.83. The van der Waals surface area contributed by atoms with E-state index in [0.29, 0.717) is 0 Å². The highest BCUT2D eigenvalue weighted by Crippen LogP contribution is 2.25. The molecule has 1 unspecified atom stereocenters. The van der Waals surface area contributed by atoms with Gasteiger partial charge in [0.15, 0.2) is 5.43 Å². The van der Waals surface area contributed by atoms with Crippen LogP contribution < -0.4 is 15.5 Å². The summed E-state index contributed by atoms with van der Waals surface area (Å²) in [5.74, 6) is 0.882. The summed E-state index contributed by atoms with van der Waals surface area (Å²) < 4.78 is 7.48. The van der Waals surface area contributed by atoms with Gasteiger partial charge in [0.05, 0.1) is 13.2 Å². The molecule has 0 aliphatic carbocycles. The lowest BCUT2D eigenvalue weighted by atomic mass is 10.1. The Hall–Kier alpha value is -2.07. The van der Waals surface area contributed by atoms with E-state index in [9.17, 15) is 4.79 Å². The standard InChI is InChI=1S/C17H22N2O2/c1-3-10-18-16(13-19-11-8-14(20)9-12-19)15-6-4-5-7-17(15)21-2/h4-9,11-12,16,18H,3,10,13H2,1-2H3. The molecule has 0 spiro atoms. The number of benzene rings is 1. The van der Waals surface area contributed by atoms with E-state index in [4.69, 9.17) is 4.74 Å². The van der Waals surface area contributed by atoms with Crippen molar-refractivity contribution in [3.05, 3.63) is 64.6 Å². The molecule has 1 N–H and O–H groups in total. The van der Waals surface area contributed by atoms with Crippen molar-refractivity contribution in [2.75, 3.05) is 13.7 Å². The topological polar surface area (TPSA) is 43.3 Å². The van der Waals surface area contributed by atoms with Crippen molar-refractivity contribution in [3.8, 4) is 5.75 Å². The zero-order valence-corrected chi connectivity index (χ0v) is 12.6. The highest BCUT2D eigenvalue weighted by Gasteiger charge is 2.15. The van der Waals surface area contributed by atoms with Crippen LogP contribution in [0.4, 0.5) is 0 Å². The zero-order valence-electron chi connectivity index (χ0n) is 12.6. The molecule has 21 heavy (non-hydrogen) atoms. The van der Waals surface area contributed by atoms with E-state index >= 15 is 0 Å². The van der Waals surface area contributed by atoms with Crippen molar-refractivity contribution in [1.82, 2.24) is 9.88 Å². The molecule has 0 fully saturated rings. The molecular weight excluding hydrogens is 264 g/mol. The first-order valence-corrected chi connectivity index (χ1v) is 7.27. The fraction of sp³-hybridized carbons (Fsp3) is 0.353. The third kappa shape index (κ3) is 4.20. The van der Waals surface area contributed by atoms with Crippen LogP contribution in [0, 0.1) is 0 Å². The molecule has 0 saturated carbocycles. The number of hydrogen-bond acceptors (Lipinski definition) is 3. The third-order valence-corrected chi connectivity index (χ3v) is 3.41. The van der Waals surface area contributed by atoms with Crippen molar-refractivity contribution in [2.45, 2.75) is 25.9 Å². The van der Waals surface area contributed by atoms with Crippen molar-refractivity contribution < 1.29 is 4.74 Å². The van der Waals surface area contributed by atoms with Gasteiger partial charge < -0.3 is 14.6 Å². The van der Waals surface area contributed by atoms with E-state index in [-0.39, 0.29) is 11.5 Å². The maximum atomic E-state index is 11.2. The van der Waals surface area contributed by atoms with Gasteiger partial charge in [0, 0.05) is 36.6 Å². The van der Waals surface area contributed by atoms with Gasteiger partial charge >= 0.3 is 0 Å². The molecule has 1 atom stereocenters. The molecule has 0 amide bonds. The Morgan fingerprint density at radius 3 is 2.57 bits per heavy atom. The van der Waals surface area contributed by atoms with Gasteiger partial charge in [-0.1, -0.05) is 25.1 Å². The lowest BCUT2D eigenvalue weighted by Gasteiger charge is -2.22. The van der Waals surface area contributed by atoms with Crippen LogP contribution in [0.1, 0.15) is 24.9 Å². The van der Waals surface area contributed by atoms with Gasteiger partial charge in [0.1, 0.15) is 5.75 Å². The summed E-state index contributed by atoms with van der Waals surface area (Å²) in [4.78, 5) is 11.2. The van der Waals surface area contributed by atoms with Crippen LogP contribution in [0.2, 0.25) is 0 Å². The van der Waals surface area contributed by atoms with Crippen molar-refractivity contribution in [1.29, 1.82) is 0 Å². The van der Waals surface area contributed by atoms with Crippen molar-refractivity contribution in [2.24, 2.45) is 0 Å². The second-order valence-electron chi connectivity index (χ2n) is 4.98. The van der Waals surface area contributed by atoms with Crippen LogP contribution in [0.5, 0.6) is 5.75 Å². The summed E-state index contributed by atoms with van der Waals surface area (Å²) in [5.41, 5.74) is 1.16. The predicted octanol–water partition coefficient (Wildman–Crippen LogP) is 2.60. The van der Waals surface area contributed by atoms with Crippen LogP contribution in [-0.4, -0.2) is 18.2 Å². The van der Waals surface area contributed by atoms with E-state index in [1.54, 1.807) is 19.2 Å². The van der Waals surface area contributed by atoms with Crippen molar-refractivity contribution in [3.63, 3.8) is 0 Å². The van der Waals surface area contributed by atoms with E-state index in [2.05, 4.69) is 18.3 Å². The number of pyridine rings is 1. The number of hydrogen-bond donors (Lipinski definition) is 1. The molecule has 4 nitrogen and oxygen atoms in total. The minimum atomic E-state index is 0.0293. The first kappa shape index (κ1) is 15.3. The minimum absolute atomic E-state index is 0.0293. The number of rotatable bonds is 7. The normalized spacial score (nSPS) is 12.1. The molecule has 0 aliphatic rings. The molecule has 1 aromatic carbocycles. The number of ether oxygens (including phenoxy) is 1.